The van der Waals surface area contributed by atoms with E-state index in [1.54, 1.807) is 0 Å². The van der Waals surface area contributed by atoms with Crippen LogP contribution in [0.25, 0.3) is 0 Å². The van der Waals surface area contributed by atoms with E-state index in [0.717, 1.165) is 63.4 Å². The quantitative estimate of drug-likeness (QED) is 0.186. The molecule has 0 aromatic rings. The smallest absolute Gasteiger partial charge is 0.309 e. The molecule has 0 bridgehead atoms. The van der Waals surface area contributed by atoms with E-state index in [0.29, 0.717) is 44.5 Å². The van der Waals surface area contributed by atoms with E-state index in [1.807, 2.05) is 13.8 Å². The molecular formula is C31H51NO5. The van der Waals surface area contributed by atoms with Gasteiger partial charge in [-0.3, -0.25) is 9.59 Å². The van der Waals surface area contributed by atoms with Crippen LogP contribution in [0.3, 0.4) is 0 Å². The molecule has 3 atom stereocenters. The fourth-order valence-electron chi connectivity index (χ4n) is 6.91. The van der Waals surface area contributed by atoms with Gasteiger partial charge in [-0.2, -0.15) is 5.26 Å². The molecule has 0 aliphatic heterocycles. The Hall–Kier alpha value is -1.45. The third kappa shape index (κ3) is 9.98. The van der Waals surface area contributed by atoms with Crippen molar-refractivity contribution in [3.05, 3.63) is 0 Å². The van der Waals surface area contributed by atoms with Gasteiger partial charge >= 0.3 is 5.97 Å². The molecule has 3 aliphatic rings. The number of carbonyl (C=O) groups is 2. The zero-order chi connectivity index (χ0) is 26.5. The molecule has 0 heterocycles. The molecule has 3 rings (SSSR count). The van der Waals surface area contributed by atoms with Gasteiger partial charge in [0, 0.05) is 31.5 Å². The third-order valence-corrected chi connectivity index (χ3v) is 9.17. The summed E-state index contributed by atoms with van der Waals surface area (Å²) in [6, 6.07) is 2.46. The number of hydrogen-bond donors (Lipinski definition) is 0. The first-order valence-electron chi connectivity index (χ1n) is 15.4. The van der Waals surface area contributed by atoms with Gasteiger partial charge in [0.25, 0.3) is 0 Å². The van der Waals surface area contributed by atoms with E-state index < -0.39 is 0 Å². The zero-order valence-electron chi connectivity index (χ0n) is 23.5. The van der Waals surface area contributed by atoms with Crippen LogP contribution in [0.4, 0.5) is 0 Å². The van der Waals surface area contributed by atoms with Gasteiger partial charge in [0.2, 0.25) is 0 Å². The van der Waals surface area contributed by atoms with Crippen molar-refractivity contribution < 1.29 is 23.8 Å². The summed E-state index contributed by atoms with van der Waals surface area (Å²) in [6.45, 7) is 5.64. The highest BCUT2D eigenvalue weighted by atomic mass is 16.5. The van der Waals surface area contributed by atoms with E-state index in [2.05, 4.69) is 6.07 Å². The van der Waals surface area contributed by atoms with Gasteiger partial charge < -0.3 is 14.2 Å². The van der Waals surface area contributed by atoms with Gasteiger partial charge in [-0.15, -0.1) is 0 Å². The molecule has 3 aliphatic carbocycles. The lowest BCUT2D eigenvalue weighted by atomic mass is 9.71. The molecule has 0 saturated heterocycles. The summed E-state index contributed by atoms with van der Waals surface area (Å²) >= 11 is 0. The molecule has 6 heteroatoms. The van der Waals surface area contributed by atoms with E-state index >= 15 is 0 Å². The van der Waals surface area contributed by atoms with Crippen molar-refractivity contribution in [2.75, 3.05) is 19.8 Å². The number of nitrogens with zero attached hydrogens (tertiary/aromatic N) is 1. The first-order chi connectivity index (χ1) is 18.0. The molecule has 0 aromatic heterocycles. The maximum atomic E-state index is 12.3. The topological polar surface area (TPSA) is 85.6 Å². The van der Waals surface area contributed by atoms with E-state index in [1.165, 1.54) is 38.5 Å². The minimum Gasteiger partial charge on any atom is -0.466 e. The van der Waals surface area contributed by atoms with E-state index in [9.17, 15) is 9.59 Å². The number of ketones is 1. The number of esters is 1. The van der Waals surface area contributed by atoms with Crippen molar-refractivity contribution in [1.29, 1.82) is 5.26 Å². The minimum atomic E-state index is -0.218. The van der Waals surface area contributed by atoms with Crippen LogP contribution < -0.4 is 0 Å². The molecule has 0 aromatic carbocycles. The molecule has 210 valence electrons. The third-order valence-electron chi connectivity index (χ3n) is 9.17. The highest BCUT2D eigenvalue weighted by Gasteiger charge is 2.36. The predicted octanol–water partition coefficient (Wildman–Crippen LogP) is 6.80. The number of nitriles is 1. The zero-order valence-corrected chi connectivity index (χ0v) is 23.5. The Kier molecular flexibility index (Phi) is 13.4. The molecule has 3 saturated carbocycles. The van der Waals surface area contributed by atoms with Gasteiger partial charge in [0.15, 0.2) is 0 Å². The number of rotatable bonds is 14. The monoisotopic (exact) mass is 517 g/mol. The standard InChI is InChI=1S/C31H51NO5/c1-3-30(33)26-19-27(31(34)35-4-2)21-29(20-26)37-18-8-6-5-7-17-36-28-15-13-25(14-16-28)24-11-9-23(22-32)10-12-24/h23-29H,3-21H2,1-2H3. The van der Waals surface area contributed by atoms with Gasteiger partial charge in [0.1, 0.15) is 5.78 Å². The Morgan fingerprint density at radius 3 is 1.86 bits per heavy atom. The second-order valence-corrected chi connectivity index (χ2v) is 11.7. The summed E-state index contributed by atoms with van der Waals surface area (Å²) in [7, 11) is 0. The molecule has 3 fully saturated rings. The normalized spacial score (nSPS) is 32.4. The lowest BCUT2D eigenvalue weighted by Crippen LogP contribution is -2.36. The molecule has 37 heavy (non-hydrogen) atoms. The lowest BCUT2D eigenvalue weighted by Gasteiger charge is -2.36. The van der Waals surface area contributed by atoms with Crippen LogP contribution in [0.15, 0.2) is 0 Å². The van der Waals surface area contributed by atoms with Crippen molar-refractivity contribution in [1.82, 2.24) is 0 Å². The van der Waals surface area contributed by atoms with Crippen LogP contribution >= 0.6 is 0 Å². The molecule has 0 amide bonds. The van der Waals surface area contributed by atoms with Crippen LogP contribution in [-0.4, -0.2) is 43.8 Å². The van der Waals surface area contributed by atoms with Gasteiger partial charge in [0.05, 0.1) is 30.8 Å². The van der Waals surface area contributed by atoms with Crippen LogP contribution in [0.5, 0.6) is 0 Å². The van der Waals surface area contributed by atoms with Crippen LogP contribution in [-0.2, 0) is 23.8 Å². The summed E-state index contributed by atoms with van der Waals surface area (Å²) in [5.74, 6) is 1.76. The maximum absolute atomic E-state index is 12.3. The van der Waals surface area contributed by atoms with Crippen molar-refractivity contribution in [2.45, 2.75) is 129 Å². The number of carbonyl (C=O) groups excluding carboxylic acids is 2. The summed E-state index contributed by atoms with van der Waals surface area (Å²) in [5, 5.41) is 9.12. The van der Waals surface area contributed by atoms with Crippen molar-refractivity contribution in [3.8, 4) is 6.07 Å². The highest BCUT2D eigenvalue weighted by molar-refractivity contribution is 5.82. The van der Waals surface area contributed by atoms with E-state index in [-0.39, 0.29) is 29.7 Å². The minimum absolute atomic E-state index is 0.0245. The number of unbranched alkanes of at least 4 members (excludes halogenated alkanes) is 3. The second kappa shape index (κ2) is 16.5. The summed E-state index contributed by atoms with van der Waals surface area (Å²) in [4.78, 5) is 24.6. The average Bonchev–Trinajstić information content (AvgIpc) is 2.94. The maximum Gasteiger partial charge on any atom is 0.309 e. The molecule has 0 radical (unpaired) electrons. The van der Waals surface area contributed by atoms with Crippen molar-refractivity contribution in [3.63, 3.8) is 0 Å². The first kappa shape index (κ1) is 30.1. The SMILES string of the molecule is CCOC(=O)C1CC(OCCCCCCOC2CCC(C3CCC(C#N)CC3)CC2)CC(C(=O)CC)C1. The van der Waals surface area contributed by atoms with Crippen LogP contribution in [0, 0.1) is 40.9 Å². The number of hydrogen-bond acceptors (Lipinski definition) is 6. The molecule has 6 nitrogen and oxygen atoms in total. The highest BCUT2D eigenvalue weighted by Crippen LogP contribution is 2.40. The second-order valence-electron chi connectivity index (χ2n) is 11.7. The van der Waals surface area contributed by atoms with Gasteiger partial charge in [-0.05, 0) is 102 Å². The van der Waals surface area contributed by atoms with Gasteiger partial charge in [-0.25, -0.2) is 0 Å². The molecule has 3 unspecified atom stereocenters. The average molecular weight is 518 g/mol. The van der Waals surface area contributed by atoms with Gasteiger partial charge in [-0.1, -0.05) is 19.8 Å². The fourth-order valence-corrected chi connectivity index (χ4v) is 6.91. The van der Waals surface area contributed by atoms with Crippen LogP contribution in [0.2, 0.25) is 0 Å². The predicted molar refractivity (Wildman–Crippen MR) is 144 cm³/mol. The Morgan fingerprint density at radius 2 is 1.30 bits per heavy atom. The van der Waals surface area contributed by atoms with Crippen molar-refractivity contribution in [2.24, 2.45) is 29.6 Å². The first-order valence-corrected chi connectivity index (χ1v) is 15.4. The Bertz CT molecular complexity index is 718. The Balaban J connectivity index is 1.22. The summed E-state index contributed by atoms with van der Waals surface area (Å²) in [6.07, 6.45) is 17.0. The summed E-state index contributed by atoms with van der Waals surface area (Å²) in [5.41, 5.74) is 0. The molecule has 0 spiro atoms. The largest absolute Gasteiger partial charge is 0.466 e. The van der Waals surface area contributed by atoms with Crippen molar-refractivity contribution >= 4 is 11.8 Å². The Labute approximate surface area is 225 Å². The lowest BCUT2D eigenvalue weighted by molar-refractivity contribution is -0.153. The molecule has 0 N–H and O–H groups in total. The van der Waals surface area contributed by atoms with Crippen LogP contribution in [0.1, 0.15) is 117 Å². The summed E-state index contributed by atoms with van der Waals surface area (Å²) < 4.78 is 17.6. The Morgan fingerprint density at radius 1 is 0.730 bits per heavy atom. The number of ether oxygens (including phenoxy) is 3. The number of Topliss-reactive ketones (excluding diaryl/α,β-unsaturated/α-hetero) is 1. The molecular weight excluding hydrogens is 466 g/mol. The van der Waals surface area contributed by atoms with E-state index in [4.69, 9.17) is 19.5 Å². The fraction of sp³-hybridized carbons (Fsp3) is 0.903.